The van der Waals surface area contributed by atoms with E-state index in [2.05, 4.69) is 0 Å². The minimum absolute atomic E-state index is 0.0593. The third-order valence-electron chi connectivity index (χ3n) is 2.39. The normalized spacial score (nSPS) is 9.94. The molecule has 4 heteroatoms. The lowest BCUT2D eigenvalue weighted by molar-refractivity contribution is 0.0731. The Balaban J connectivity index is 1.86. The van der Waals surface area contributed by atoms with Crippen molar-refractivity contribution in [2.24, 2.45) is 0 Å². The maximum Gasteiger partial charge on any atom is 0.188 e. The Morgan fingerprint density at radius 2 is 2.06 bits per heavy atom. The first-order valence-electron chi connectivity index (χ1n) is 5.43. The molecule has 0 aliphatic carbocycles. The van der Waals surface area contributed by atoms with E-state index in [-0.39, 0.29) is 12.4 Å². The number of Topliss-reactive ketones (excluding diaryl/α,β-unsaturated/α-hetero) is 1. The second-order valence-corrected chi connectivity index (χ2v) is 4.72. The highest BCUT2D eigenvalue weighted by atomic mass is 32.1. The fraction of sp³-hybridized carbons (Fsp3) is 0.143. The van der Waals surface area contributed by atoms with Gasteiger partial charge in [0, 0.05) is 10.4 Å². The van der Waals surface area contributed by atoms with Gasteiger partial charge in [-0.1, -0.05) is 18.2 Å². The zero-order valence-corrected chi connectivity index (χ0v) is 10.4. The Morgan fingerprint density at radius 1 is 1.28 bits per heavy atom. The molecule has 0 fully saturated rings. The molecule has 0 spiro atoms. The van der Waals surface area contributed by atoms with Crippen molar-refractivity contribution in [3.63, 3.8) is 0 Å². The van der Waals surface area contributed by atoms with Crippen molar-refractivity contribution in [1.29, 1.82) is 5.26 Å². The average molecular weight is 257 g/mol. The van der Waals surface area contributed by atoms with Crippen molar-refractivity contribution in [3.8, 4) is 6.07 Å². The van der Waals surface area contributed by atoms with Crippen LogP contribution < -0.4 is 0 Å². The van der Waals surface area contributed by atoms with E-state index >= 15 is 0 Å². The van der Waals surface area contributed by atoms with Crippen LogP contribution in [0.1, 0.15) is 20.8 Å². The zero-order valence-electron chi connectivity index (χ0n) is 9.63. The van der Waals surface area contributed by atoms with Gasteiger partial charge >= 0.3 is 0 Å². The molecule has 1 aromatic heterocycles. The minimum Gasteiger partial charge on any atom is -0.368 e. The number of carbonyl (C=O) groups is 1. The molecule has 2 aromatic rings. The number of ether oxygens (including phenoxy) is 1. The molecule has 0 saturated carbocycles. The number of rotatable bonds is 5. The third-order valence-corrected chi connectivity index (χ3v) is 3.24. The van der Waals surface area contributed by atoms with Gasteiger partial charge in [0.05, 0.1) is 18.2 Å². The molecular weight excluding hydrogens is 246 g/mol. The van der Waals surface area contributed by atoms with Gasteiger partial charge in [0.2, 0.25) is 0 Å². The van der Waals surface area contributed by atoms with E-state index in [1.807, 2.05) is 23.6 Å². The monoisotopic (exact) mass is 257 g/mol. The third kappa shape index (κ3) is 3.27. The van der Waals surface area contributed by atoms with E-state index < -0.39 is 0 Å². The molecule has 18 heavy (non-hydrogen) atoms. The van der Waals surface area contributed by atoms with Crippen LogP contribution in [0.25, 0.3) is 0 Å². The van der Waals surface area contributed by atoms with E-state index in [9.17, 15) is 4.79 Å². The van der Waals surface area contributed by atoms with Gasteiger partial charge in [-0.25, -0.2) is 0 Å². The summed E-state index contributed by atoms with van der Waals surface area (Å²) >= 11 is 1.60. The van der Waals surface area contributed by atoms with Crippen LogP contribution in [-0.4, -0.2) is 12.4 Å². The average Bonchev–Trinajstić information content (AvgIpc) is 2.92. The summed E-state index contributed by atoms with van der Waals surface area (Å²) in [7, 11) is 0. The molecule has 0 unspecified atom stereocenters. The van der Waals surface area contributed by atoms with Gasteiger partial charge in [0.1, 0.15) is 6.61 Å². The molecule has 1 aromatic carbocycles. The molecule has 90 valence electrons. The zero-order chi connectivity index (χ0) is 12.8. The highest BCUT2D eigenvalue weighted by Gasteiger charge is 2.06. The Kier molecular flexibility index (Phi) is 4.24. The lowest BCUT2D eigenvalue weighted by Crippen LogP contribution is -2.08. The smallest absolute Gasteiger partial charge is 0.188 e. The van der Waals surface area contributed by atoms with Crippen molar-refractivity contribution in [2.75, 3.05) is 6.61 Å². The second kappa shape index (κ2) is 6.10. The molecule has 0 bridgehead atoms. The number of hydrogen-bond donors (Lipinski definition) is 0. The molecule has 0 saturated heterocycles. The van der Waals surface area contributed by atoms with Crippen molar-refractivity contribution in [1.82, 2.24) is 0 Å². The standard InChI is InChI=1S/C14H11NO2S/c15-8-11-3-5-12(6-4-11)14(16)10-17-9-13-2-1-7-18-13/h1-7H,9-10H2. The van der Waals surface area contributed by atoms with Gasteiger partial charge < -0.3 is 4.74 Å². The number of hydrogen-bond acceptors (Lipinski definition) is 4. The molecule has 2 rings (SSSR count). The maximum atomic E-state index is 11.8. The topological polar surface area (TPSA) is 50.1 Å². The van der Waals surface area contributed by atoms with E-state index in [0.29, 0.717) is 17.7 Å². The molecule has 3 nitrogen and oxygen atoms in total. The maximum absolute atomic E-state index is 11.8. The van der Waals surface area contributed by atoms with Gasteiger partial charge in [0.25, 0.3) is 0 Å². The fourth-order valence-corrected chi connectivity index (χ4v) is 2.09. The van der Waals surface area contributed by atoms with Crippen LogP contribution in [0.2, 0.25) is 0 Å². The first-order valence-corrected chi connectivity index (χ1v) is 6.31. The van der Waals surface area contributed by atoms with Gasteiger partial charge in [0.15, 0.2) is 5.78 Å². The quantitative estimate of drug-likeness (QED) is 0.774. The summed E-state index contributed by atoms with van der Waals surface area (Å²) in [6.07, 6.45) is 0. The number of nitriles is 1. The lowest BCUT2D eigenvalue weighted by Gasteiger charge is -2.02. The summed E-state index contributed by atoms with van der Waals surface area (Å²) in [6.45, 7) is 0.517. The lowest BCUT2D eigenvalue weighted by atomic mass is 10.1. The predicted molar refractivity (Wildman–Crippen MR) is 69.5 cm³/mol. The van der Waals surface area contributed by atoms with Crippen LogP contribution in [0.15, 0.2) is 41.8 Å². The van der Waals surface area contributed by atoms with E-state index in [1.165, 1.54) is 0 Å². The van der Waals surface area contributed by atoms with Gasteiger partial charge in [-0.3, -0.25) is 4.79 Å². The van der Waals surface area contributed by atoms with Crippen molar-refractivity contribution >= 4 is 17.1 Å². The molecule has 0 atom stereocenters. The first kappa shape index (κ1) is 12.5. The van der Waals surface area contributed by atoms with Crippen molar-refractivity contribution in [3.05, 3.63) is 57.8 Å². The van der Waals surface area contributed by atoms with Crippen LogP contribution in [0, 0.1) is 11.3 Å². The summed E-state index contributed by atoms with van der Waals surface area (Å²) in [4.78, 5) is 12.9. The summed E-state index contributed by atoms with van der Waals surface area (Å²) in [5.41, 5.74) is 1.12. The Labute approximate surface area is 109 Å². The highest BCUT2D eigenvalue weighted by Crippen LogP contribution is 2.10. The molecule has 0 radical (unpaired) electrons. The Bertz CT molecular complexity index is 552. The summed E-state index contributed by atoms with van der Waals surface area (Å²) in [6, 6.07) is 12.5. The van der Waals surface area contributed by atoms with Gasteiger partial charge in [-0.05, 0) is 23.6 Å². The van der Waals surface area contributed by atoms with Crippen LogP contribution >= 0.6 is 11.3 Å². The van der Waals surface area contributed by atoms with Crippen LogP contribution in [0.5, 0.6) is 0 Å². The number of carbonyl (C=O) groups excluding carboxylic acids is 1. The number of benzene rings is 1. The summed E-state index contributed by atoms with van der Waals surface area (Å²) in [5.74, 6) is -0.0731. The van der Waals surface area contributed by atoms with E-state index in [1.54, 1.807) is 35.6 Å². The Hall–Kier alpha value is -1.96. The van der Waals surface area contributed by atoms with Gasteiger partial charge in [-0.2, -0.15) is 5.26 Å². The number of nitrogens with zero attached hydrogens (tertiary/aromatic N) is 1. The Morgan fingerprint density at radius 3 is 2.67 bits per heavy atom. The molecule has 0 amide bonds. The SMILES string of the molecule is N#Cc1ccc(C(=O)COCc2cccs2)cc1. The number of ketones is 1. The van der Waals surface area contributed by atoms with Crippen LogP contribution in [-0.2, 0) is 11.3 Å². The van der Waals surface area contributed by atoms with Crippen LogP contribution in [0.3, 0.4) is 0 Å². The molecular formula is C14H11NO2S. The second-order valence-electron chi connectivity index (χ2n) is 3.68. The van der Waals surface area contributed by atoms with Crippen molar-refractivity contribution < 1.29 is 9.53 Å². The molecule has 0 aliphatic rings. The van der Waals surface area contributed by atoms with Gasteiger partial charge in [-0.15, -0.1) is 11.3 Å². The molecule has 1 heterocycles. The fourth-order valence-electron chi connectivity index (χ4n) is 1.45. The minimum atomic E-state index is -0.0731. The number of thiophene rings is 1. The van der Waals surface area contributed by atoms with Crippen LogP contribution in [0.4, 0.5) is 0 Å². The van der Waals surface area contributed by atoms with E-state index in [4.69, 9.17) is 10.00 Å². The molecule has 0 N–H and O–H groups in total. The molecule has 0 aliphatic heterocycles. The predicted octanol–water partition coefficient (Wildman–Crippen LogP) is 3.02. The summed E-state index contributed by atoms with van der Waals surface area (Å²) < 4.78 is 5.35. The van der Waals surface area contributed by atoms with Crippen molar-refractivity contribution in [2.45, 2.75) is 6.61 Å². The van der Waals surface area contributed by atoms with E-state index in [0.717, 1.165) is 4.88 Å². The largest absolute Gasteiger partial charge is 0.368 e. The first-order chi connectivity index (χ1) is 8.79. The summed E-state index contributed by atoms with van der Waals surface area (Å²) in [5, 5.41) is 10.6. The highest BCUT2D eigenvalue weighted by molar-refractivity contribution is 7.09.